The van der Waals surface area contributed by atoms with Crippen LogP contribution >= 0.6 is 0 Å². The molecule has 0 aliphatic carbocycles. The van der Waals surface area contributed by atoms with E-state index in [9.17, 15) is 4.79 Å². The highest BCUT2D eigenvalue weighted by Crippen LogP contribution is 2.12. The maximum Gasteiger partial charge on any atom is 0.272 e. The smallest absolute Gasteiger partial charge is 0.272 e. The quantitative estimate of drug-likeness (QED) is 0.797. The van der Waals surface area contributed by atoms with Gasteiger partial charge in [0.1, 0.15) is 11.8 Å². The molecule has 1 N–H and O–H groups in total. The second-order valence-electron chi connectivity index (χ2n) is 4.07. The third kappa shape index (κ3) is 2.43. The van der Waals surface area contributed by atoms with Gasteiger partial charge in [-0.3, -0.25) is 4.79 Å². The lowest BCUT2D eigenvalue weighted by Gasteiger charge is -2.15. The highest BCUT2D eigenvalue weighted by atomic mass is 16.2. The summed E-state index contributed by atoms with van der Waals surface area (Å²) in [6.45, 7) is 1.48. The number of nitriles is 1. The number of hydrogen-bond donors (Lipinski definition) is 1. The summed E-state index contributed by atoms with van der Waals surface area (Å²) in [4.78, 5) is 17.9. The van der Waals surface area contributed by atoms with Crippen molar-refractivity contribution in [3.05, 3.63) is 29.6 Å². The van der Waals surface area contributed by atoms with E-state index in [2.05, 4.69) is 10.3 Å². The fraction of sp³-hybridized carbons (Fsp3) is 0.417. The monoisotopic (exact) mass is 230 g/mol. The predicted octanol–water partition coefficient (Wildman–Crippen LogP) is 0.387. The van der Waals surface area contributed by atoms with Crippen molar-refractivity contribution in [1.82, 2.24) is 15.2 Å². The van der Waals surface area contributed by atoms with Crippen molar-refractivity contribution in [1.29, 1.82) is 5.26 Å². The summed E-state index contributed by atoms with van der Waals surface area (Å²) in [7, 11) is 1.90. The predicted molar refractivity (Wildman–Crippen MR) is 62.3 cm³/mol. The number of likely N-dealkylation sites (tertiary alicyclic amines) is 1. The first-order valence-electron chi connectivity index (χ1n) is 5.57. The van der Waals surface area contributed by atoms with Gasteiger partial charge in [-0.2, -0.15) is 5.26 Å². The van der Waals surface area contributed by atoms with Crippen LogP contribution in [0.25, 0.3) is 0 Å². The highest BCUT2D eigenvalue weighted by Gasteiger charge is 2.26. The molecule has 5 nitrogen and oxygen atoms in total. The summed E-state index contributed by atoms with van der Waals surface area (Å²) in [6.07, 6.45) is 2.40. The van der Waals surface area contributed by atoms with Gasteiger partial charge in [-0.1, -0.05) is 0 Å². The van der Waals surface area contributed by atoms with Crippen molar-refractivity contribution < 1.29 is 4.79 Å². The minimum atomic E-state index is -0.0627. The van der Waals surface area contributed by atoms with E-state index in [4.69, 9.17) is 5.26 Å². The molecule has 17 heavy (non-hydrogen) atoms. The minimum absolute atomic E-state index is 0.0627. The first kappa shape index (κ1) is 11.6. The molecule has 1 amide bonds. The number of rotatable bonds is 2. The maximum absolute atomic E-state index is 12.1. The third-order valence-corrected chi connectivity index (χ3v) is 3.00. The molecule has 2 heterocycles. The molecule has 5 heteroatoms. The zero-order valence-electron chi connectivity index (χ0n) is 9.68. The lowest BCUT2D eigenvalue weighted by atomic mass is 10.2. The lowest BCUT2D eigenvalue weighted by molar-refractivity contribution is 0.0784. The Morgan fingerprint density at radius 1 is 1.65 bits per heavy atom. The van der Waals surface area contributed by atoms with Gasteiger partial charge in [0.25, 0.3) is 5.91 Å². The molecule has 0 saturated carbocycles. The zero-order chi connectivity index (χ0) is 12.3. The average Bonchev–Trinajstić information content (AvgIpc) is 2.87. The number of nitrogens with one attached hydrogen (secondary N) is 1. The number of hydrogen-bond acceptors (Lipinski definition) is 4. The van der Waals surface area contributed by atoms with E-state index in [-0.39, 0.29) is 5.91 Å². The summed E-state index contributed by atoms with van der Waals surface area (Å²) >= 11 is 0. The Kier molecular flexibility index (Phi) is 3.35. The molecule has 1 aliphatic heterocycles. The molecule has 0 bridgehead atoms. The van der Waals surface area contributed by atoms with Gasteiger partial charge < -0.3 is 10.2 Å². The van der Waals surface area contributed by atoms with E-state index >= 15 is 0 Å². The molecule has 1 atom stereocenters. The van der Waals surface area contributed by atoms with Crippen LogP contribution in [0.5, 0.6) is 0 Å². The van der Waals surface area contributed by atoms with Crippen LogP contribution in [0.1, 0.15) is 22.5 Å². The molecule has 2 rings (SSSR count). The van der Waals surface area contributed by atoms with E-state index in [0.717, 1.165) is 19.5 Å². The van der Waals surface area contributed by atoms with Crippen LogP contribution in [0.4, 0.5) is 0 Å². The first-order chi connectivity index (χ1) is 8.24. The molecule has 1 aliphatic rings. The van der Waals surface area contributed by atoms with Crippen molar-refractivity contribution in [3.8, 4) is 6.07 Å². The molecule has 0 spiro atoms. The summed E-state index contributed by atoms with van der Waals surface area (Å²) in [5.74, 6) is -0.0627. The molecule has 1 aromatic heterocycles. The van der Waals surface area contributed by atoms with Crippen molar-refractivity contribution in [2.45, 2.75) is 12.5 Å². The lowest BCUT2D eigenvalue weighted by Crippen LogP contribution is -2.33. The van der Waals surface area contributed by atoms with E-state index < -0.39 is 0 Å². The summed E-state index contributed by atoms with van der Waals surface area (Å²) in [6, 6.07) is 5.58. The summed E-state index contributed by atoms with van der Waals surface area (Å²) in [5.41, 5.74) is 0.872. The number of likely N-dealkylation sites (N-methyl/N-ethyl adjacent to an activating group) is 1. The Morgan fingerprint density at radius 3 is 3.00 bits per heavy atom. The standard InChI is InChI=1S/C12H14N4O/c1-14-10-4-5-16(8-10)12(17)11-3-2-9(6-13)7-15-11/h2-3,7,10,14H,4-5,8H2,1H3. The van der Waals surface area contributed by atoms with Gasteiger partial charge in [-0.05, 0) is 25.6 Å². The normalized spacial score (nSPS) is 19.1. The van der Waals surface area contributed by atoms with Gasteiger partial charge in [0.2, 0.25) is 0 Å². The number of carbonyl (C=O) groups is 1. The Hall–Kier alpha value is -1.93. The molecule has 1 aromatic rings. The second kappa shape index (κ2) is 4.93. The average molecular weight is 230 g/mol. The van der Waals surface area contributed by atoms with Crippen LogP contribution in [0.3, 0.4) is 0 Å². The fourth-order valence-electron chi connectivity index (χ4n) is 1.93. The van der Waals surface area contributed by atoms with E-state index in [1.165, 1.54) is 6.20 Å². The van der Waals surface area contributed by atoms with Gasteiger partial charge in [0.15, 0.2) is 0 Å². The number of aromatic nitrogens is 1. The van der Waals surface area contributed by atoms with Crippen LogP contribution in [-0.2, 0) is 0 Å². The minimum Gasteiger partial charge on any atom is -0.336 e. The van der Waals surface area contributed by atoms with Gasteiger partial charge in [0.05, 0.1) is 5.56 Å². The van der Waals surface area contributed by atoms with Crippen molar-refractivity contribution in [2.75, 3.05) is 20.1 Å². The van der Waals surface area contributed by atoms with E-state index in [0.29, 0.717) is 17.3 Å². The van der Waals surface area contributed by atoms with Crippen molar-refractivity contribution >= 4 is 5.91 Å². The van der Waals surface area contributed by atoms with Crippen LogP contribution in [0.15, 0.2) is 18.3 Å². The van der Waals surface area contributed by atoms with Crippen molar-refractivity contribution in [3.63, 3.8) is 0 Å². The van der Waals surface area contributed by atoms with Crippen molar-refractivity contribution in [2.24, 2.45) is 0 Å². The highest BCUT2D eigenvalue weighted by molar-refractivity contribution is 5.92. The first-order valence-corrected chi connectivity index (χ1v) is 5.57. The second-order valence-corrected chi connectivity index (χ2v) is 4.07. The molecule has 1 unspecified atom stereocenters. The molecule has 1 saturated heterocycles. The summed E-state index contributed by atoms with van der Waals surface area (Å²) in [5, 5.41) is 11.8. The molecule has 0 aromatic carbocycles. The van der Waals surface area contributed by atoms with Gasteiger partial charge in [-0.25, -0.2) is 4.98 Å². The fourth-order valence-corrected chi connectivity index (χ4v) is 1.93. The van der Waals surface area contributed by atoms with E-state index in [1.54, 1.807) is 17.0 Å². The number of pyridine rings is 1. The van der Waals surface area contributed by atoms with Gasteiger partial charge in [0, 0.05) is 25.3 Å². The molecule has 88 valence electrons. The van der Waals surface area contributed by atoms with E-state index in [1.807, 2.05) is 13.1 Å². The molecule has 0 radical (unpaired) electrons. The Bertz CT molecular complexity index is 449. The number of nitrogens with zero attached hydrogens (tertiary/aromatic N) is 3. The van der Waals surface area contributed by atoms with Crippen LogP contribution in [0, 0.1) is 11.3 Å². The van der Waals surface area contributed by atoms with Gasteiger partial charge in [-0.15, -0.1) is 0 Å². The molecule has 1 fully saturated rings. The van der Waals surface area contributed by atoms with Crippen LogP contribution < -0.4 is 5.32 Å². The number of amides is 1. The SMILES string of the molecule is CNC1CCN(C(=O)c2ccc(C#N)cn2)C1. The Balaban J connectivity index is 2.07. The Morgan fingerprint density at radius 2 is 2.47 bits per heavy atom. The third-order valence-electron chi connectivity index (χ3n) is 3.00. The number of carbonyl (C=O) groups excluding carboxylic acids is 1. The summed E-state index contributed by atoms with van der Waals surface area (Å²) < 4.78 is 0. The van der Waals surface area contributed by atoms with Gasteiger partial charge >= 0.3 is 0 Å². The Labute approximate surface area is 100 Å². The maximum atomic E-state index is 12.1. The molecular formula is C12H14N4O. The largest absolute Gasteiger partial charge is 0.336 e. The zero-order valence-corrected chi connectivity index (χ0v) is 9.68. The molecular weight excluding hydrogens is 216 g/mol. The van der Waals surface area contributed by atoms with Crippen LogP contribution in [-0.4, -0.2) is 42.0 Å². The van der Waals surface area contributed by atoms with Crippen LogP contribution in [0.2, 0.25) is 0 Å². The topological polar surface area (TPSA) is 69.0 Å².